The second kappa shape index (κ2) is 9.36. The van der Waals surface area contributed by atoms with Crippen LogP contribution in [0.1, 0.15) is 43.4 Å². The number of sulfone groups is 1. The summed E-state index contributed by atoms with van der Waals surface area (Å²) in [7, 11) is -2.58. The maximum Gasteiger partial charge on any atom is 0.206 e. The first-order valence-electron chi connectivity index (χ1n) is 10.1. The number of benzene rings is 2. The van der Waals surface area contributed by atoms with E-state index in [1.807, 2.05) is 13.0 Å². The average Bonchev–Trinajstić information content (AvgIpc) is 2.78. The van der Waals surface area contributed by atoms with Gasteiger partial charge in [0.15, 0.2) is 0 Å². The maximum atomic E-state index is 14.6. The molecule has 170 valence electrons. The molecule has 1 heterocycles. The largest absolute Gasteiger partial charge is 0.411 e. The molecule has 0 aromatic heterocycles. The smallest absolute Gasteiger partial charge is 0.206 e. The highest BCUT2D eigenvalue weighted by molar-refractivity contribution is 7.91. The number of hydrogen-bond acceptors (Lipinski definition) is 7. The first-order valence-corrected chi connectivity index (χ1v) is 11.6. The molecule has 1 fully saturated rings. The number of oxime groups is 1. The van der Waals surface area contributed by atoms with E-state index in [1.165, 1.54) is 37.4 Å². The SMILES string of the molecule is CO[C@]1(c2cc(F)cc(S(=O)(=O)c3ccc(/C(C)=N/O)c(CC#N)c3)c2)CCO[C@@H](C)C1. The molecule has 7 nitrogen and oxygen atoms in total. The van der Waals surface area contributed by atoms with Gasteiger partial charge in [-0.1, -0.05) is 11.2 Å². The number of nitriles is 1. The first kappa shape index (κ1) is 23.9. The van der Waals surface area contributed by atoms with Gasteiger partial charge in [0.2, 0.25) is 9.84 Å². The van der Waals surface area contributed by atoms with E-state index in [0.717, 1.165) is 6.07 Å². The summed E-state index contributed by atoms with van der Waals surface area (Å²) in [6.07, 6.45) is 0.736. The van der Waals surface area contributed by atoms with Crippen LogP contribution in [0.4, 0.5) is 4.39 Å². The van der Waals surface area contributed by atoms with E-state index in [4.69, 9.17) is 19.9 Å². The molecule has 0 saturated carbocycles. The zero-order valence-corrected chi connectivity index (χ0v) is 18.9. The quantitative estimate of drug-likeness (QED) is 0.397. The van der Waals surface area contributed by atoms with Crippen molar-refractivity contribution in [2.45, 2.75) is 54.6 Å². The molecule has 1 N–H and O–H groups in total. The standard InChI is InChI=1S/C23H25FN2O5S/c1-15-14-23(30-3,7-9-31-15)18-11-19(24)13-21(12-18)32(28,29)20-4-5-22(16(2)26-27)17(10-20)6-8-25/h4-5,10-13,15,27H,6-7,9,14H2,1-3H3/b26-16+/t15-,23+/m0/s1. The molecule has 2 aromatic rings. The molecule has 9 heteroatoms. The normalized spacial score (nSPS) is 21.8. The molecular formula is C23H25FN2O5S. The Morgan fingerprint density at radius 1 is 1.34 bits per heavy atom. The third kappa shape index (κ3) is 4.53. The van der Waals surface area contributed by atoms with Crippen LogP contribution in [0.3, 0.4) is 0 Å². The van der Waals surface area contributed by atoms with Crippen molar-refractivity contribution in [3.05, 3.63) is 58.9 Å². The number of rotatable bonds is 6. The summed E-state index contributed by atoms with van der Waals surface area (Å²) in [5, 5.41) is 21.3. The van der Waals surface area contributed by atoms with Crippen LogP contribution < -0.4 is 0 Å². The Hall–Kier alpha value is -2.80. The predicted molar refractivity (Wildman–Crippen MR) is 115 cm³/mol. The lowest BCUT2D eigenvalue weighted by Crippen LogP contribution is -2.39. The summed E-state index contributed by atoms with van der Waals surface area (Å²) >= 11 is 0. The van der Waals surface area contributed by atoms with Crippen LogP contribution in [0.25, 0.3) is 0 Å². The average molecular weight is 461 g/mol. The molecule has 0 spiro atoms. The van der Waals surface area contributed by atoms with Crippen molar-refractivity contribution in [2.24, 2.45) is 5.16 Å². The number of methoxy groups -OCH3 is 1. The highest BCUT2D eigenvalue weighted by Crippen LogP contribution is 2.39. The predicted octanol–water partition coefficient (Wildman–Crippen LogP) is 3.96. The minimum atomic E-state index is -4.10. The lowest BCUT2D eigenvalue weighted by Gasteiger charge is -2.39. The Labute approximate surface area is 187 Å². The third-order valence-corrected chi connectivity index (χ3v) is 7.55. The topological polar surface area (TPSA) is 109 Å². The van der Waals surface area contributed by atoms with E-state index in [2.05, 4.69) is 5.16 Å². The first-order chi connectivity index (χ1) is 15.2. The van der Waals surface area contributed by atoms with Gasteiger partial charge >= 0.3 is 0 Å². The van der Waals surface area contributed by atoms with E-state index < -0.39 is 21.3 Å². The second-order valence-electron chi connectivity index (χ2n) is 7.85. The molecule has 1 saturated heterocycles. The Balaban J connectivity index is 2.12. The Kier molecular flexibility index (Phi) is 6.98. The second-order valence-corrected chi connectivity index (χ2v) is 9.80. The third-order valence-electron chi connectivity index (χ3n) is 5.82. The van der Waals surface area contributed by atoms with Crippen molar-refractivity contribution < 1.29 is 27.5 Å². The van der Waals surface area contributed by atoms with E-state index in [0.29, 0.717) is 36.1 Å². The monoisotopic (exact) mass is 460 g/mol. The zero-order chi connectivity index (χ0) is 23.5. The molecule has 0 radical (unpaired) electrons. The summed E-state index contributed by atoms with van der Waals surface area (Å²) in [4.78, 5) is -0.285. The van der Waals surface area contributed by atoms with Gasteiger partial charge in [-0.2, -0.15) is 5.26 Å². The zero-order valence-electron chi connectivity index (χ0n) is 18.1. The van der Waals surface area contributed by atoms with Crippen LogP contribution in [-0.4, -0.2) is 39.2 Å². The summed E-state index contributed by atoms with van der Waals surface area (Å²) in [5.74, 6) is -0.686. The molecule has 0 amide bonds. The van der Waals surface area contributed by atoms with Crippen LogP contribution in [0, 0.1) is 17.1 Å². The van der Waals surface area contributed by atoms with Crippen molar-refractivity contribution in [2.75, 3.05) is 13.7 Å². The number of halogens is 1. The number of ether oxygens (including phenoxy) is 2. The van der Waals surface area contributed by atoms with Crippen LogP contribution in [0.15, 0.2) is 51.3 Å². The molecule has 2 aromatic carbocycles. The van der Waals surface area contributed by atoms with E-state index in [1.54, 1.807) is 6.92 Å². The molecule has 0 bridgehead atoms. The number of nitrogens with zero attached hydrogens (tertiary/aromatic N) is 2. The van der Waals surface area contributed by atoms with Gasteiger partial charge in [-0.05, 0) is 55.3 Å². The summed E-state index contributed by atoms with van der Waals surface area (Å²) in [6.45, 7) is 3.85. The lowest BCUT2D eigenvalue weighted by atomic mass is 9.83. The highest BCUT2D eigenvalue weighted by Gasteiger charge is 2.38. The van der Waals surface area contributed by atoms with E-state index >= 15 is 0 Å². The Morgan fingerprint density at radius 2 is 2.09 bits per heavy atom. The van der Waals surface area contributed by atoms with Gasteiger partial charge < -0.3 is 14.7 Å². The van der Waals surface area contributed by atoms with Gasteiger partial charge in [-0.25, -0.2) is 12.8 Å². The Bertz CT molecular complexity index is 1190. The van der Waals surface area contributed by atoms with E-state index in [9.17, 15) is 12.8 Å². The molecule has 32 heavy (non-hydrogen) atoms. The molecular weight excluding hydrogens is 435 g/mol. The van der Waals surface area contributed by atoms with Gasteiger partial charge in [0.1, 0.15) is 5.82 Å². The molecule has 0 aliphatic carbocycles. The number of hydrogen-bond donors (Lipinski definition) is 1. The fraction of sp³-hybridized carbons (Fsp3) is 0.391. The van der Waals surface area contributed by atoms with Crippen molar-refractivity contribution in [1.82, 2.24) is 0 Å². The van der Waals surface area contributed by atoms with Gasteiger partial charge in [-0.3, -0.25) is 0 Å². The van der Waals surface area contributed by atoms with E-state index in [-0.39, 0.29) is 28.0 Å². The van der Waals surface area contributed by atoms with Gasteiger partial charge in [0.25, 0.3) is 0 Å². The van der Waals surface area contributed by atoms with Crippen molar-refractivity contribution in [3.8, 4) is 6.07 Å². The van der Waals surface area contributed by atoms with Gasteiger partial charge in [0, 0.05) is 25.5 Å². The van der Waals surface area contributed by atoms with Crippen LogP contribution in [-0.2, 0) is 31.3 Å². The summed E-state index contributed by atoms with van der Waals surface area (Å²) in [6, 6.07) is 9.88. The minimum absolute atomic E-state index is 0.0787. The molecule has 1 aliphatic rings. The lowest BCUT2D eigenvalue weighted by molar-refractivity contribution is -0.122. The van der Waals surface area contributed by atoms with Crippen molar-refractivity contribution in [1.29, 1.82) is 5.26 Å². The van der Waals surface area contributed by atoms with Gasteiger partial charge in [0.05, 0.1) is 46.3 Å². The van der Waals surface area contributed by atoms with Crippen molar-refractivity contribution in [3.63, 3.8) is 0 Å². The van der Waals surface area contributed by atoms with Gasteiger partial charge in [-0.15, -0.1) is 0 Å². The summed E-state index contributed by atoms with van der Waals surface area (Å²) in [5.41, 5.74) is 0.692. The summed E-state index contributed by atoms with van der Waals surface area (Å²) < 4.78 is 52.7. The highest BCUT2D eigenvalue weighted by atomic mass is 32.2. The molecule has 1 aliphatic heterocycles. The van der Waals surface area contributed by atoms with Crippen LogP contribution >= 0.6 is 0 Å². The Morgan fingerprint density at radius 3 is 2.72 bits per heavy atom. The van der Waals surface area contributed by atoms with Crippen molar-refractivity contribution >= 4 is 15.5 Å². The molecule has 0 unspecified atom stereocenters. The molecule has 2 atom stereocenters. The van der Waals surface area contributed by atoms with Crippen LogP contribution in [0.2, 0.25) is 0 Å². The fourth-order valence-electron chi connectivity index (χ4n) is 4.11. The fourth-order valence-corrected chi connectivity index (χ4v) is 5.47. The minimum Gasteiger partial charge on any atom is -0.411 e. The molecule has 3 rings (SSSR count). The van der Waals surface area contributed by atoms with Crippen LogP contribution in [0.5, 0.6) is 0 Å². The maximum absolute atomic E-state index is 14.6.